The molecular weight excluding hydrogens is 311 g/mol. The summed E-state index contributed by atoms with van der Waals surface area (Å²) in [5, 5.41) is 8.89. The Morgan fingerprint density at radius 1 is 1.38 bits per heavy atom. The summed E-state index contributed by atoms with van der Waals surface area (Å²) >= 11 is 0. The minimum absolute atomic E-state index is 0.0352. The highest BCUT2D eigenvalue weighted by Crippen LogP contribution is 2.30. The molecule has 1 rings (SSSR count). The molecule has 9 heteroatoms. The third-order valence-electron chi connectivity index (χ3n) is 2.64. The van der Waals surface area contributed by atoms with Gasteiger partial charge in [-0.2, -0.15) is 17.9 Å². The zero-order valence-electron chi connectivity index (χ0n) is 11.0. The highest BCUT2D eigenvalue weighted by Gasteiger charge is 2.32. The van der Waals surface area contributed by atoms with E-state index in [1.54, 1.807) is 6.92 Å². The molecule has 2 N–H and O–H groups in total. The van der Waals surface area contributed by atoms with Gasteiger partial charge < -0.3 is 5.11 Å². The molecule has 0 aliphatic rings. The number of hydrogen-bond donors (Lipinski definition) is 2. The van der Waals surface area contributed by atoms with E-state index >= 15 is 0 Å². The maximum Gasteiger partial charge on any atom is 0.416 e. The molecule has 0 aliphatic heterocycles. The van der Waals surface area contributed by atoms with E-state index in [4.69, 9.17) is 5.11 Å². The summed E-state index contributed by atoms with van der Waals surface area (Å²) in [7, 11) is -4.34. The van der Waals surface area contributed by atoms with Crippen LogP contribution in [0.4, 0.5) is 13.2 Å². The Kier molecular flexibility index (Phi) is 5.35. The van der Waals surface area contributed by atoms with Crippen molar-refractivity contribution >= 4 is 16.0 Å². The second kappa shape index (κ2) is 6.44. The van der Waals surface area contributed by atoms with Crippen LogP contribution in [0.2, 0.25) is 0 Å². The van der Waals surface area contributed by atoms with Crippen LogP contribution in [0.25, 0.3) is 0 Å². The van der Waals surface area contributed by atoms with Crippen LogP contribution in [-0.2, 0) is 21.0 Å². The summed E-state index contributed by atoms with van der Waals surface area (Å²) in [6, 6.07) is 1.75. The number of rotatable bonds is 6. The lowest BCUT2D eigenvalue weighted by molar-refractivity contribution is -0.139. The van der Waals surface area contributed by atoms with Gasteiger partial charge in [0.2, 0.25) is 10.0 Å². The number of nitrogens with one attached hydrogen (secondary N) is 1. The molecular formula is C12H14F3NO4S. The third kappa shape index (κ3) is 4.71. The first-order chi connectivity index (χ1) is 9.58. The van der Waals surface area contributed by atoms with E-state index in [-0.39, 0.29) is 6.42 Å². The fourth-order valence-corrected chi connectivity index (χ4v) is 2.89. The molecule has 118 valence electrons. The lowest BCUT2D eigenvalue weighted by Crippen LogP contribution is -2.40. The first kappa shape index (κ1) is 17.4. The average molecular weight is 325 g/mol. The summed E-state index contributed by atoms with van der Waals surface area (Å²) < 4.78 is 63.5. The fraction of sp³-hybridized carbons (Fsp3) is 0.417. The predicted molar refractivity (Wildman–Crippen MR) is 68.1 cm³/mol. The van der Waals surface area contributed by atoms with Crippen LogP contribution < -0.4 is 4.72 Å². The van der Waals surface area contributed by atoms with Gasteiger partial charge >= 0.3 is 12.1 Å². The molecule has 5 nitrogen and oxygen atoms in total. The molecule has 0 bridgehead atoms. The minimum atomic E-state index is -4.68. The van der Waals surface area contributed by atoms with Gasteiger partial charge in [-0.1, -0.05) is 19.4 Å². The topological polar surface area (TPSA) is 83.5 Å². The van der Waals surface area contributed by atoms with E-state index in [1.165, 1.54) is 0 Å². The van der Waals surface area contributed by atoms with Crippen molar-refractivity contribution in [3.8, 4) is 0 Å². The van der Waals surface area contributed by atoms with Gasteiger partial charge in [-0.05, 0) is 24.6 Å². The van der Waals surface area contributed by atoms with Crippen LogP contribution in [0.15, 0.2) is 29.2 Å². The SMILES string of the molecule is CCCC(NS(=O)(=O)c1cccc(C(F)(F)F)c1)C(=O)O. The molecule has 0 saturated heterocycles. The number of hydrogen-bond acceptors (Lipinski definition) is 3. The Morgan fingerprint density at radius 2 is 2.00 bits per heavy atom. The smallest absolute Gasteiger partial charge is 0.416 e. The molecule has 0 spiro atoms. The molecule has 1 atom stereocenters. The Bertz CT molecular complexity index is 613. The molecule has 0 saturated carbocycles. The molecule has 0 fully saturated rings. The van der Waals surface area contributed by atoms with Gasteiger partial charge in [-0.3, -0.25) is 4.79 Å². The zero-order chi connectivity index (χ0) is 16.3. The van der Waals surface area contributed by atoms with Crippen molar-refractivity contribution in [1.29, 1.82) is 0 Å². The standard InChI is InChI=1S/C12H14F3NO4S/c1-2-4-10(11(17)18)16-21(19,20)9-6-3-5-8(7-9)12(13,14)15/h3,5-7,10,16H,2,4H2,1H3,(H,17,18). The van der Waals surface area contributed by atoms with Crippen molar-refractivity contribution in [2.24, 2.45) is 0 Å². The van der Waals surface area contributed by atoms with E-state index in [0.717, 1.165) is 18.2 Å². The maximum atomic E-state index is 12.6. The monoisotopic (exact) mass is 325 g/mol. The van der Waals surface area contributed by atoms with Gasteiger partial charge in [0.1, 0.15) is 6.04 Å². The molecule has 0 aromatic heterocycles. The Hall–Kier alpha value is -1.61. The summed E-state index contributed by atoms with van der Waals surface area (Å²) in [6.45, 7) is 1.66. The number of carboxylic acid groups (broad SMARTS) is 1. The van der Waals surface area contributed by atoms with Crippen molar-refractivity contribution in [2.75, 3.05) is 0 Å². The number of aliphatic carboxylic acids is 1. The van der Waals surface area contributed by atoms with Crippen LogP contribution in [0.1, 0.15) is 25.3 Å². The summed E-state index contributed by atoms with van der Waals surface area (Å²) in [6.07, 6.45) is -4.24. The van der Waals surface area contributed by atoms with Gasteiger partial charge in [-0.15, -0.1) is 0 Å². The summed E-state index contributed by atoms with van der Waals surface area (Å²) in [5.41, 5.74) is -1.12. The van der Waals surface area contributed by atoms with Crippen molar-refractivity contribution in [2.45, 2.75) is 36.9 Å². The van der Waals surface area contributed by atoms with E-state index in [0.29, 0.717) is 12.5 Å². The second-order valence-corrected chi connectivity index (χ2v) is 6.04. The highest BCUT2D eigenvalue weighted by atomic mass is 32.2. The van der Waals surface area contributed by atoms with Gasteiger partial charge in [-0.25, -0.2) is 8.42 Å². The molecule has 0 amide bonds. The number of alkyl halides is 3. The molecule has 0 heterocycles. The molecule has 1 aromatic carbocycles. The minimum Gasteiger partial charge on any atom is -0.480 e. The first-order valence-electron chi connectivity index (χ1n) is 6.00. The summed E-state index contributed by atoms with van der Waals surface area (Å²) in [4.78, 5) is 10.3. The lowest BCUT2D eigenvalue weighted by Gasteiger charge is -2.15. The van der Waals surface area contributed by atoms with Crippen LogP contribution in [0.3, 0.4) is 0 Å². The zero-order valence-corrected chi connectivity index (χ0v) is 11.8. The average Bonchev–Trinajstić information content (AvgIpc) is 2.37. The maximum absolute atomic E-state index is 12.6. The van der Waals surface area contributed by atoms with Crippen molar-refractivity contribution < 1.29 is 31.5 Å². The van der Waals surface area contributed by atoms with Crippen molar-refractivity contribution in [3.63, 3.8) is 0 Å². The molecule has 0 aliphatic carbocycles. The number of carboxylic acids is 1. The van der Waals surface area contributed by atoms with Crippen molar-refractivity contribution in [1.82, 2.24) is 4.72 Å². The van der Waals surface area contributed by atoms with Crippen LogP contribution in [0.5, 0.6) is 0 Å². The van der Waals surface area contributed by atoms with E-state index in [9.17, 15) is 26.4 Å². The van der Waals surface area contributed by atoms with Gasteiger partial charge in [0, 0.05) is 0 Å². The number of carbonyl (C=O) groups is 1. The van der Waals surface area contributed by atoms with E-state index < -0.39 is 38.7 Å². The first-order valence-corrected chi connectivity index (χ1v) is 7.48. The molecule has 1 aromatic rings. The van der Waals surface area contributed by atoms with E-state index in [2.05, 4.69) is 0 Å². The molecule has 1 unspecified atom stereocenters. The Labute approximate surface area is 119 Å². The van der Waals surface area contributed by atoms with Crippen LogP contribution in [0, 0.1) is 0 Å². The predicted octanol–water partition coefficient (Wildman–Crippen LogP) is 2.24. The fourth-order valence-electron chi connectivity index (χ4n) is 1.62. The number of halogens is 3. The van der Waals surface area contributed by atoms with Gasteiger partial charge in [0.15, 0.2) is 0 Å². The lowest BCUT2D eigenvalue weighted by atomic mass is 10.2. The van der Waals surface area contributed by atoms with E-state index in [1.807, 2.05) is 4.72 Å². The third-order valence-corrected chi connectivity index (χ3v) is 4.11. The van der Waals surface area contributed by atoms with Gasteiger partial charge in [0.25, 0.3) is 0 Å². The Morgan fingerprint density at radius 3 is 2.48 bits per heavy atom. The largest absolute Gasteiger partial charge is 0.480 e. The number of benzene rings is 1. The van der Waals surface area contributed by atoms with Crippen molar-refractivity contribution in [3.05, 3.63) is 29.8 Å². The molecule has 0 radical (unpaired) electrons. The highest BCUT2D eigenvalue weighted by molar-refractivity contribution is 7.89. The Balaban J connectivity index is 3.11. The molecule has 21 heavy (non-hydrogen) atoms. The van der Waals surface area contributed by atoms with Crippen LogP contribution >= 0.6 is 0 Å². The summed E-state index contributed by atoms with van der Waals surface area (Å²) in [5.74, 6) is -1.38. The van der Waals surface area contributed by atoms with Crippen LogP contribution in [-0.4, -0.2) is 25.5 Å². The van der Waals surface area contributed by atoms with Gasteiger partial charge in [0.05, 0.1) is 10.5 Å². The quantitative estimate of drug-likeness (QED) is 0.840. The normalized spacial score (nSPS) is 13.9. The second-order valence-electron chi connectivity index (χ2n) is 4.33. The number of sulfonamides is 1.